The van der Waals surface area contributed by atoms with E-state index in [1.54, 1.807) is 24.5 Å². The molecule has 0 unspecified atom stereocenters. The second-order valence-electron chi connectivity index (χ2n) is 4.10. The van der Waals surface area contributed by atoms with E-state index in [1.165, 1.54) is 24.3 Å². The number of amides is 1. The lowest BCUT2D eigenvalue weighted by Gasteiger charge is -2.10. The van der Waals surface area contributed by atoms with Crippen LogP contribution in [0.5, 0.6) is 0 Å². The fourth-order valence-electron chi connectivity index (χ4n) is 1.55. The fourth-order valence-corrected chi connectivity index (χ4v) is 1.55. The molecule has 0 aliphatic carbocycles. The minimum absolute atomic E-state index is 0.0701. The Bertz CT molecular complexity index is 668. The van der Waals surface area contributed by atoms with Crippen molar-refractivity contribution in [2.75, 3.05) is 0 Å². The van der Waals surface area contributed by atoms with Crippen LogP contribution in [0.25, 0.3) is 5.70 Å². The molecular weight excluding hydrogens is 272 g/mol. The van der Waals surface area contributed by atoms with Crippen LogP contribution in [0.15, 0.2) is 55.4 Å². The van der Waals surface area contributed by atoms with E-state index in [1.807, 2.05) is 0 Å². The van der Waals surface area contributed by atoms with Gasteiger partial charge in [-0.05, 0) is 24.3 Å². The average molecular weight is 284 g/mol. The summed E-state index contributed by atoms with van der Waals surface area (Å²) < 4.78 is 0. The van der Waals surface area contributed by atoms with E-state index in [2.05, 4.69) is 22.4 Å². The zero-order valence-electron chi connectivity index (χ0n) is 10.9. The van der Waals surface area contributed by atoms with Crippen LogP contribution in [-0.2, 0) is 0 Å². The molecule has 0 bridgehead atoms. The second-order valence-corrected chi connectivity index (χ2v) is 4.10. The first-order valence-corrected chi connectivity index (χ1v) is 5.98. The maximum atomic E-state index is 11.9. The van der Waals surface area contributed by atoms with Crippen molar-refractivity contribution in [3.8, 4) is 0 Å². The van der Waals surface area contributed by atoms with Crippen molar-refractivity contribution < 1.29 is 9.72 Å². The van der Waals surface area contributed by atoms with Crippen LogP contribution in [0.2, 0.25) is 0 Å². The van der Waals surface area contributed by atoms with Crippen molar-refractivity contribution in [2.45, 2.75) is 0 Å². The highest BCUT2D eigenvalue weighted by Crippen LogP contribution is 2.12. The number of nitro benzene ring substituents is 1. The van der Waals surface area contributed by atoms with Gasteiger partial charge in [-0.25, -0.2) is 0 Å². The van der Waals surface area contributed by atoms with Crippen molar-refractivity contribution in [3.63, 3.8) is 0 Å². The summed E-state index contributed by atoms with van der Waals surface area (Å²) in [5.41, 5.74) is 6.58. The number of nitro groups is 1. The Labute approximate surface area is 120 Å². The third kappa shape index (κ3) is 3.63. The Morgan fingerprint density at radius 2 is 1.86 bits per heavy atom. The molecule has 7 heteroatoms. The predicted molar refractivity (Wildman–Crippen MR) is 77.0 cm³/mol. The van der Waals surface area contributed by atoms with Gasteiger partial charge in [-0.2, -0.15) is 0 Å². The molecule has 7 nitrogen and oxygen atoms in total. The van der Waals surface area contributed by atoms with Crippen LogP contribution in [0.4, 0.5) is 5.69 Å². The molecule has 0 radical (unpaired) electrons. The SMILES string of the molecule is C=C(NNC(=O)c1ccc([N+](=O)[O-])cc1)c1cccnc1. The fraction of sp³-hybridized carbons (Fsp3) is 0. The number of carbonyl (C=O) groups is 1. The second kappa shape index (κ2) is 6.29. The van der Waals surface area contributed by atoms with Crippen LogP contribution in [0, 0.1) is 10.1 Å². The molecular formula is C14H12N4O3. The molecule has 0 aliphatic heterocycles. The van der Waals surface area contributed by atoms with Crippen molar-refractivity contribution in [1.82, 2.24) is 15.8 Å². The van der Waals surface area contributed by atoms with Gasteiger partial charge in [0.1, 0.15) is 0 Å². The van der Waals surface area contributed by atoms with E-state index in [4.69, 9.17) is 0 Å². The third-order valence-corrected chi connectivity index (χ3v) is 2.68. The molecule has 0 spiro atoms. The van der Waals surface area contributed by atoms with Crippen LogP contribution in [0.3, 0.4) is 0 Å². The van der Waals surface area contributed by atoms with E-state index in [-0.39, 0.29) is 5.69 Å². The van der Waals surface area contributed by atoms with Gasteiger partial charge in [0.05, 0.1) is 10.6 Å². The number of nitrogens with zero attached hydrogens (tertiary/aromatic N) is 2. The number of benzene rings is 1. The third-order valence-electron chi connectivity index (χ3n) is 2.68. The van der Waals surface area contributed by atoms with Crippen LogP contribution in [0.1, 0.15) is 15.9 Å². The minimum Gasteiger partial charge on any atom is -0.298 e. The van der Waals surface area contributed by atoms with Gasteiger partial charge in [0.25, 0.3) is 11.6 Å². The molecule has 0 aliphatic rings. The number of pyridine rings is 1. The van der Waals surface area contributed by atoms with Crippen LogP contribution in [-0.4, -0.2) is 15.8 Å². The molecule has 1 amide bonds. The van der Waals surface area contributed by atoms with E-state index < -0.39 is 10.8 Å². The zero-order chi connectivity index (χ0) is 15.2. The number of hydrogen-bond acceptors (Lipinski definition) is 5. The Balaban J connectivity index is 1.96. The van der Waals surface area contributed by atoms with Crippen molar-refractivity contribution in [3.05, 3.63) is 76.6 Å². The summed E-state index contributed by atoms with van der Waals surface area (Å²) in [5, 5.41) is 10.5. The number of hydrogen-bond donors (Lipinski definition) is 2. The lowest BCUT2D eigenvalue weighted by atomic mass is 10.2. The monoisotopic (exact) mass is 284 g/mol. The number of nitrogens with one attached hydrogen (secondary N) is 2. The van der Waals surface area contributed by atoms with Gasteiger partial charge < -0.3 is 0 Å². The maximum absolute atomic E-state index is 11.9. The molecule has 1 aromatic heterocycles. The highest BCUT2D eigenvalue weighted by Gasteiger charge is 2.09. The Hall–Kier alpha value is -3.22. The van der Waals surface area contributed by atoms with Gasteiger partial charge in [-0.3, -0.25) is 30.7 Å². The summed E-state index contributed by atoms with van der Waals surface area (Å²) in [6.07, 6.45) is 3.24. The number of non-ortho nitro benzene ring substituents is 1. The first kappa shape index (κ1) is 14.2. The molecule has 0 fully saturated rings. The summed E-state index contributed by atoms with van der Waals surface area (Å²) in [7, 11) is 0. The van der Waals surface area contributed by atoms with E-state index >= 15 is 0 Å². The summed E-state index contributed by atoms with van der Waals surface area (Å²) in [4.78, 5) is 25.8. The van der Waals surface area contributed by atoms with Gasteiger partial charge in [-0.1, -0.05) is 6.58 Å². The average Bonchev–Trinajstić information content (AvgIpc) is 2.53. The molecule has 1 aromatic carbocycles. The molecule has 0 saturated carbocycles. The summed E-state index contributed by atoms with van der Waals surface area (Å²) >= 11 is 0. The number of hydrazine groups is 1. The molecule has 106 valence electrons. The van der Waals surface area contributed by atoms with Gasteiger partial charge >= 0.3 is 0 Å². The molecule has 2 N–H and O–H groups in total. The molecule has 2 rings (SSSR count). The Morgan fingerprint density at radius 3 is 2.43 bits per heavy atom. The van der Waals surface area contributed by atoms with Crippen molar-refractivity contribution >= 4 is 17.3 Å². The minimum atomic E-state index is -0.524. The first-order valence-electron chi connectivity index (χ1n) is 5.98. The van der Waals surface area contributed by atoms with Gasteiger partial charge in [0, 0.05) is 35.7 Å². The van der Waals surface area contributed by atoms with Crippen molar-refractivity contribution in [1.29, 1.82) is 0 Å². The molecule has 0 atom stereocenters. The van der Waals surface area contributed by atoms with Crippen LogP contribution < -0.4 is 10.9 Å². The van der Waals surface area contributed by atoms with Gasteiger partial charge in [0.15, 0.2) is 0 Å². The maximum Gasteiger partial charge on any atom is 0.269 e. The molecule has 1 heterocycles. The molecule has 0 saturated heterocycles. The normalized spacial score (nSPS) is 9.71. The Morgan fingerprint density at radius 1 is 1.14 bits per heavy atom. The molecule has 2 aromatic rings. The zero-order valence-corrected chi connectivity index (χ0v) is 10.9. The standard InChI is InChI=1S/C14H12N4O3/c1-10(12-3-2-8-15-9-12)16-17-14(19)11-4-6-13(7-5-11)18(20)21/h2-9,16H,1H2,(H,17,19). The number of aromatic nitrogens is 1. The van der Waals surface area contributed by atoms with Crippen LogP contribution >= 0.6 is 0 Å². The van der Waals surface area contributed by atoms with Crippen molar-refractivity contribution in [2.24, 2.45) is 0 Å². The smallest absolute Gasteiger partial charge is 0.269 e. The Kier molecular flexibility index (Phi) is 4.25. The highest BCUT2D eigenvalue weighted by atomic mass is 16.6. The first-order chi connectivity index (χ1) is 10.1. The van der Waals surface area contributed by atoms with Gasteiger partial charge in [-0.15, -0.1) is 0 Å². The van der Waals surface area contributed by atoms with Gasteiger partial charge in [0.2, 0.25) is 0 Å². The number of carbonyl (C=O) groups excluding carboxylic acids is 1. The van der Waals surface area contributed by atoms with E-state index in [9.17, 15) is 14.9 Å². The highest BCUT2D eigenvalue weighted by molar-refractivity contribution is 5.94. The lowest BCUT2D eigenvalue weighted by molar-refractivity contribution is -0.384. The topological polar surface area (TPSA) is 97.2 Å². The summed E-state index contributed by atoms with van der Waals surface area (Å²) in [6.45, 7) is 3.77. The predicted octanol–water partition coefficient (Wildman–Crippen LogP) is 1.90. The summed E-state index contributed by atoms with van der Waals surface area (Å²) in [6, 6.07) is 8.83. The summed E-state index contributed by atoms with van der Waals surface area (Å²) in [5.74, 6) is -0.421. The molecule has 21 heavy (non-hydrogen) atoms. The lowest BCUT2D eigenvalue weighted by Crippen LogP contribution is -2.35. The van der Waals surface area contributed by atoms with E-state index in [0.717, 1.165) is 5.56 Å². The quantitative estimate of drug-likeness (QED) is 0.645. The number of rotatable bonds is 5. The van der Waals surface area contributed by atoms with E-state index in [0.29, 0.717) is 11.3 Å². The largest absolute Gasteiger partial charge is 0.298 e.